The lowest BCUT2D eigenvalue weighted by atomic mass is 10.3. The first-order valence-corrected chi connectivity index (χ1v) is 9.72. The second kappa shape index (κ2) is 10.6. The van der Waals surface area contributed by atoms with E-state index in [2.05, 4.69) is 4.90 Å². The quantitative estimate of drug-likeness (QED) is 0.644. The molecule has 29 heavy (non-hydrogen) atoms. The van der Waals surface area contributed by atoms with E-state index in [0.717, 1.165) is 36.9 Å². The second-order valence-corrected chi connectivity index (χ2v) is 6.71. The Hall–Kier alpha value is -2.93. The Morgan fingerprint density at radius 1 is 0.759 bits per heavy atom. The van der Waals surface area contributed by atoms with Crippen molar-refractivity contribution in [2.45, 2.75) is 0 Å². The highest BCUT2D eigenvalue weighted by molar-refractivity contribution is 5.77. The summed E-state index contributed by atoms with van der Waals surface area (Å²) in [4.78, 5) is 16.5. The topological polar surface area (TPSA) is 60.5 Å². The molecule has 0 saturated carbocycles. The minimum atomic E-state index is 0.00921. The van der Waals surface area contributed by atoms with E-state index in [9.17, 15) is 4.79 Å². The monoisotopic (exact) mass is 400 g/mol. The molecule has 1 aliphatic rings. The van der Waals surface area contributed by atoms with Crippen LogP contribution in [-0.2, 0) is 4.79 Å². The highest BCUT2D eigenvalue weighted by Crippen LogP contribution is 2.18. The molecule has 7 heteroatoms. The smallest absolute Gasteiger partial charge is 0.260 e. The largest absolute Gasteiger partial charge is 0.497 e. The molecule has 156 valence electrons. The summed E-state index contributed by atoms with van der Waals surface area (Å²) >= 11 is 0. The van der Waals surface area contributed by atoms with Gasteiger partial charge in [-0.2, -0.15) is 0 Å². The molecule has 0 bridgehead atoms. The normalized spacial score (nSPS) is 14.3. The molecular weight excluding hydrogens is 372 g/mol. The molecule has 0 aromatic heterocycles. The molecular formula is C22H28N2O5. The van der Waals surface area contributed by atoms with Crippen LogP contribution in [0.2, 0.25) is 0 Å². The van der Waals surface area contributed by atoms with Crippen LogP contribution in [0, 0.1) is 0 Å². The Labute approximate surface area is 171 Å². The number of nitrogens with zero attached hydrogens (tertiary/aromatic N) is 2. The van der Waals surface area contributed by atoms with Crippen LogP contribution in [0.15, 0.2) is 48.5 Å². The fraction of sp³-hybridized carbons (Fsp3) is 0.409. The number of ether oxygens (including phenoxy) is 4. The molecule has 2 aromatic rings. The molecule has 1 fully saturated rings. The summed E-state index contributed by atoms with van der Waals surface area (Å²) < 4.78 is 21.6. The first-order chi connectivity index (χ1) is 14.2. The molecule has 1 amide bonds. The molecule has 2 aromatic carbocycles. The van der Waals surface area contributed by atoms with Crippen LogP contribution in [-0.4, -0.2) is 75.9 Å². The van der Waals surface area contributed by atoms with Crippen molar-refractivity contribution < 1.29 is 23.7 Å². The zero-order valence-electron chi connectivity index (χ0n) is 17.0. The number of rotatable bonds is 9. The zero-order chi connectivity index (χ0) is 20.5. The van der Waals surface area contributed by atoms with Crippen molar-refractivity contribution in [2.75, 3.05) is 60.2 Å². The van der Waals surface area contributed by atoms with Gasteiger partial charge in [-0.05, 0) is 48.5 Å². The number of carbonyl (C=O) groups excluding carboxylic acids is 1. The molecule has 7 nitrogen and oxygen atoms in total. The Morgan fingerprint density at radius 2 is 1.24 bits per heavy atom. The van der Waals surface area contributed by atoms with Crippen molar-refractivity contribution in [2.24, 2.45) is 0 Å². The minimum absolute atomic E-state index is 0.00921. The van der Waals surface area contributed by atoms with E-state index < -0.39 is 0 Å². The highest BCUT2D eigenvalue weighted by Gasteiger charge is 2.21. The van der Waals surface area contributed by atoms with Crippen molar-refractivity contribution in [3.05, 3.63) is 48.5 Å². The van der Waals surface area contributed by atoms with Crippen molar-refractivity contribution >= 4 is 5.91 Å². The molecule has 0 radical (unpaired) electrons. The summed E-state index contributed by atoms with van der Waals surface area (Å²) in [6, 6.07) is 14.8. The van der Waals surface area contributed by atoms with Crippen molar-refractivity contribution in [1.29, 1.82) is 0 Å². The predicted octanol–water partition coefficient (Wildman–Crippen LogP) is 2.31. The number of carbonyl (C=O) groups is 1. The lowest BCUT2D eigenvalue weighted by Crippen LogP contribution is -2.50. The van der Waals surface area contributed by atoms with Gasteiger partial charge in [0.1, 0.15) is 29.6 Å². The van der Waals surface area contributed by atoms with Crippen LogP contribution in [0.25, 0.3) is 0 Å². The van der Waals surface area contributed by atoms with E-state index in [1.807, 2.05) is 41.3 Å². The average molecular weight is 400 g/mol. The minimum Gasteiger partial charge on any atom is -0.497 e. The lowest BCUT2D eigenvalue weighted by Gasteiger charge is -2.34. The van der Waals surface area contributed by atoms with Crippen LogP contribution in [0.4, 0.5) is 0 Å². The Kier molecular flexibility index (Phi) is 7.58. The number of hydrogen-bond donors (Lipinski definition) is 0. The standard InChI is InChI=1S/C22H28N2O5/c1-26-18-3-7-20(8-4-18)28-16-15-23-11-13-24(14-12-23)22(25)17-29-21-9-5-19(27-2)6-10-21/h3-10H,11-17H2,1-2H3. The van der Waals surface area contributed by atoms with Gasteiger partial charge in [0.15, 0.2) is 6.61 Å². The predicted molar refractivity (Wildman–Crippen MR) is 110 cm³/mol. The van der Waals surface area contributed by atoms with Crippen LogP contribution < -0.4 is 18.9 Å². The summed E-state index contributed by atoms with van der Waals surface area (Å²) in [6.07, 6.45) is 0. The SMILES string of the molecule is COc1ccc(OCCN2CCN(C(=O)COc3ccc(OC)cc3)CC2)cc1. The Morgan fingerprint density at radius 3 is 1.76 bits per heavy atom. The molecule has 0 aliphatic carbocycles. The molecule has 0 spiro atoms. The van der Waals surface area contributed by atoms with Gasteiger partial charge in [-0.3, -0.25) is 9.69 Å². The average Bonchev–Trinajstić information content (AvgIpc) is 2.78. The highest BCUT2D eigenvalue weighted by atomic mass is 16.5. The van der Waals surface area contributed by atoms with Gasteiger partial charge in [0.05, 0.1) is 14.2 Å². The van der Waals surface area contributed by atoms with Crippen LogP contribution in [0.1, 0.15) is 0 Å². The van der Waals surface area contributed by atoms with Crippen LogP contribution in [0.3, 0.4) is 0 Å². The number of piperazine rings is 1. The maximum Gasteiger partial charge on any atom is 0.260 e. The Balaban J connectivity index is 1.33. The third-order valence-electron chi connectivity index (χ3n) is 4.88. The Bertz CT molecular complexity index is 756. The van der Waals surface area contributed by atoms with Crippen LogP contribution in [0.5, 0.6) is 23.0 Å². The fourth-order valence-corrected chi connectivity index (χ4v) is 3.09. The van der Waals surface area contributed by atoms with Gasteiger partial charge in [-0.25, -0.2) is 0 Å². The number of methoxy groups -OCH3 is 2. The van der Waals surface area contributed by atoms with E-state index in [0.29, 0.717) is 25.4 Å². The first-order valence-electron chi connectivity index (χ1n) is 9.72. The van der Waals surface area contributed by atoms with Gasteiger partial charge in [0.2, 0.25) is 0 Å². The van der Waals surface area contributed by atoms with E-state index in [4.69, 9.17) is 18.9 Å². The van der Waals surface area contributed by atoms with E-state index in [1.54, 1.807) is 26.4 Å². The van der Waals surface area contributed by atoms with Gasteiger partial charge in [-0.15, -0.1) is 0 Å². The van der Waals surface area contributed by atoms with Crippen LogP contribution >= 0.6 is 0 Å². The van der Waals surface area contributed by atoms with Gasteiger partial charge >= 0.3 is 0 Å². The maximum atomic E-state index is 12.4. The third kappa shape index (κ3) is 6.29. The van der Waals surface area contributed by atoms with E-state index in [1.165, 1.54) is 0 Å². The molecule has 3 rings (SSSR count). The van der Waals surface area contributed by atoms with Crippen molar-refractivity contribution in [3.63, 3.8) is 0 Å². The molecule has 0 atom stereocenters. The zero-order valence-corrected chi connectivity index (χ0v) is 17.0. The summed E-state index contributed by atoms with van der Waals surface area (Å²) in [6.45, 7) is 4.56. The molecule has 1 heterocycles. The maximum absolute atomic E-state index is 12.4. The van der Waals surface area contributed by atoms with E-state index in [-0.39, 0.29) is 12.5 Å². The second-order valence-electron chi connectivity index (χ2n) is 6.71. The molecule has 1 saturated heterocycles. The van der Waals surface area contributed by atoms with Crippen molar-refractivity contribution in [3.8, 4) is 23.0 Å². The molecule has 0 unspecified atom stereocenters. The number of hydrogen-bond acceptors (Lipinski definition) is 6. The summed E-state index contributed by atoms with van der Waals surface area (Å²) in [5.74, 6) is 3.07. The fourth-order valence-electron chi connectivity index (χ4n) is 3.09. The summed E-state index contributed by atoms with van der Waals surface area (Å²) in [7, 11) is 3.26. The lowest BCUT2D eigenvalue weighted by molar-refractivity contribution is -0.135. The van der Waals surface area contributed by atoms with Gasteiger partial charge in [0.25, 0.3) is 5.91 Å². The molecule has 0 N–H and O–H groups in total. The first kappa shape index (κ1) is 20.8. The third-order valence-corrected chi connectivity index (χ3v) is 4.88. The summed E-state index contributed by atoms with van der Waals surface area (Å²) in [5.41, 5.74) is 0. The number of amides is 1. The molecule has 1 aliphatic heterocycles. The number of benzene rings is 2. The van der Waals surface area contributed by atoms with Crippen molar-refractivity contribution in [1.82, 2.24) is 9.80 Å². The van der Waals surface area contributed by atoms with Gasteiger partial charge < -0.3 is 23.8 Å². The summed E-state index contributed by atoms with van der Waals surface area (Å²) in [5, 5.41) is 0. The van der Waals surface area contributed by atoms with E-state index >= 15 is 0 Å². The van der Waals surface area contributed by atoms with Gasteiger partial charge in [-0.1, -0.05) is 0 Å². The van der Waals surface area contributed by atoms with Gasteiger partial charge in [0, 0.05) is 32.7 Å².